The molecule has 2 aromatic rings. The van der Waals surface area contributed by atoms with Crippen molar-refractivity contribution in [3.8, 4) is 5.69 Å². The Morgan fingerprint density at radius 3 is 3.00 bits per heavy atom. The SMILES string of the molecule is CCCc1nnnn1-c1cc(Br)ccc1Cl. The fraction of sp³-hybridized carbons (Fsp3) is 0.300. The lowest BCUT2D eigenvalue weighted by Gasteiger charge is -2.06. The second-order valence-corrected chi connectivity index (χ2v) is 4.68. The maximum atomic E-state index is 6.12. The molecule has 1 aromatic carbocycles. The highest BCUT2D eigenvalue weighted by molar-refractivity contribution is 9.10. The number of rotatable bonds is 3. The molecule has 0 amide bonds. The summed E-state index contributed by atoms with van der Waals surface area (Å²) in [6.45, 7) is 2.08. The van der Waals surface area contributed by atoms with Crippen molar-refractivity contribution in [2.24, 2.45) is 0 Å². The van der Waals surface area contributed by atoms with Crippen molar-refractivity contribution < 1.29 is 0 Å². The maximum absolute atomic E-state index is 6.12. The summed E-state index contributed by atoms with van der Waals surface area (Å²) in [5.41, 5.74) is 0.796. The van der Waals surface area contributed by atoms with Gasteiger partial charge in [-0.25, -0.2) is 0 Å². The Hall–Kier alpha value is -0.940. The molecule has 0 saturated carbocycles. The molecule has 6 heteroatoms. The third kappa shape index (κ3) is 2.25. The molecule has 0 N–H and O–H groups in total. The highest BCUT2D eigenvalue weighted by atomic mass is 79.9. The van der Waals surface area contributed by atoms with Crippen LogP contribution in [0, 0.1) is 0 Å². The molecule has 16 heavy (non-hydrogen) atoms. The van der Waals surface area contributed by atoms with Gasteiger partial charge in [0.15, 0.2) is 5.82 Å². The van der Waals surface area contributed by atoms with Gasteiger partial charge in [-0.15, -0.1) is 5.10 Å². The van der Waals surface area contributed by atoms with Gasteiger partial charge in [-0.05, 0) is 35.0 Å². The molecule has 1 heterocycles. The second kappa shape index (κ2) is 4.93. The lowest BCUT2D eigenvalue weighted by atomic mass is 10.3. The largest absolute Gasteiger partial charge is 0.196 e. The summed E-state index contributed by atoms with van der Waals surface area (Å²) >= 11 is 9.53. The molecule has 0 fully saturated rings. The van der Waals surface area contributed by atoms with Crippen LogP contribution in [0.3, 0.4) is 0 Å². The first-order chi connectivity index (χ1) is 7.72. The van der Waals surface area contributed by atoms with E-state index in [0.717, 1.165) is 28.8 Å². The Labute approximate surface area is 107 Å². The minimum absolute atomic E-state index is 0.632. The molecule has 0 aliphatic carbocycles. The van der Waals surface area contributed by atoms with E-state index in [0.29, 0.717) is 5.02 Å². The molecule has 4 nitrogen and oxygen atoms in total. The van der Waals surface area contributed by atoms with Gasteiger partial charge < -0.3 is 0 Å². The van der Waals surface area contributed by atoms with E-state index in [9.17, 15) is 0 Å². The van der Waals surface area contributed by atoms with Crippen molar-refractivity contribution in [1.29, 1.82) is 0 Å². The average molecular weight is 302 g/mol. The van der Waals surface area contributed by atoms with Crippen LogP contribution < -0.4 is 0 Å². The Bertz CT molecular complexity index is 497. The summed E-state index contributed by atoms with van der Waals surface area (Å²) in [4.78, 5) is 0. The van der Waals surface area contributed by atoms with Crippen LogP contribution in [0.15, 0.2) is 22.7 Å². The van der Waals surface area contributed by atoms with E-state index < -0.39 is 0 Å². The molecule has 0 unspecified atom stereocenters. The second-order valence-electron chi connectivity index (χ2n) is 3.35. The average Bonchev–Trinajstić information content (AvgIpc) is 2.70. The Kier molecular flexibility index (Phi) is 3.56. The number of tetrazole rings is 1. The van der Waals surface area contributed by atoms with Gasteiger partial charge in [0.2, 0.25) is 0 Å². The number of aryl methyl sites for hydroxylation is 1. The molecule has 0 atom stereocenters. The third-order valence-corrected chi connectivity index (χ3v) is 2.96. The highest BCUT2D eigenvalue weighted by Crippen LogP contribution is 2.24. The molecular formula is C10H10BrClN4. The maximum Gasteiger partial charge on any atom is 0.156 e. The standard InChI is InChI=1S/C10H10BrClN4/c1-2-3-10-13-14-15-16(10)9-6-7(11)4-5-8(9)12/h4-6H,2-3H2,1H3. The normalized spacial score (nSPS) is 10.7. The minimum atomic E-state index is 0.632. The zero-order chi connectivity index (χ0) is 11.5. The molecule has 0 aliphatic heterocycles. The van der Waals surface area contributed by atoms with Crippen molar-refractivity contribution in [2.45, 2.75) is 19.8 Å². The fourth-order valence-corrected chi connectivity index (χ4v) is 1.97. The first kappa shape index (κ1) is 11.5. The van der Waals surface area contributed by atoms with Gasteiger partial charge >= 0.3 is 0 Å². The van der Waals surface area contributed by atoms with E-state index in [2.05, 4.69) is 38.4 Å². The van der Waals surface area contributed by atoms with E-state index >= 15 is 0 Å². The van der Waals surface area contributed by atoms with Crippen LogP contribution in [0.5, 0.6) is 0 Å². The Balaban J connectivity index is 2.49. The van der Waals surface area contributed by atoms with Gasteiger partial charge in [0, 0.05) is 10.9 Å². The third-order valence-electron chi connectivity index (χ3n) is 2.14. The summed E-state index contributed by atoms with van der Waals surface area (Å²) in [7, 11) is 0. The number of hydrogen-bond donors (Lipinski definition) is 0. The monoisotopic (exact) mass is 300 g/mol. The van der Waals surface area contributed by atoms with Crippen LogP contribution in [0.25, 0.3) is 5.69 Å². The van der Waals surface area contributed by atoms with Crippen molar-refractivity contribution in [3.05, 3.63) is 33.5 Å². The number of benzene rings is 1. The molecule has 84 valence electrons. The van der Waals surface area contributed by atoms with Gasteiger partial charge in [-0.3, -0.25) is 0 Å². The van der Waals surface area contributed by atoms with Crippen LogP contribution >= 0.6 is 27.5 Å². The van der Waals surface area contributed by atoms with Gasteiger partial charge in [-0.1, -0.05) is 34.5 Å². The quantitative estimate of drug-likeness (QED) is 0.875. The van der Waals surface area contributed by atoms with E-state index in [1.54, 1.807) is 4.68 Å². The summed E-state index contributed by atoms with van der Waals surface area (Å²) in [5, 5.41) is 12.2. The molecule has 2 rings (SSSR count). The molecule has 0 saturated heterocycles. The molecule has 0 radical (unpaired) electrons. The molecule has 0 bridgehead atoms. The number of nitrogens with zero attached hydrogens (tertiary/aromatic N) is 4. The van der Waals surface area contributed by atoms with Gasteiger partial charge in [-0.2, -0.15) is 4.68 Å². The van der Waals surface area contributed by atoms with Crippen molar-refractivity contribution >= 4 is 27.5 Å². The zero-order valence-electron chi connectivity index (χ0n) is 8.69. The highest BCUT2D eigenvalue weighted by Gasteiger charge is 2.10. The summed E-state index contributed by atoms with van der Waals surface area (Å²) in [5.74, 6) is 0.822. The summed E-state index contributed by atoms with van der Waals surface area (Å²) in [6, 6.07) is 5.60. The molecule has 1 aromatic heterocycles. The number of halogens is 2. The van der Waals surface area contributed by atoms with Crippen LogP contribution in [-0.2, 0) is 6.42 Å². The van der Waals surface area contributed by atoms with Crippen molar-refractivity contribution in [3.63, 3.8) is 0 Å². The van der Waals surface area contributed by atoms with Crippen LogP contribution in [0.4, 0.5) is 0 Å². The number of aromatic nitrogens is 4. The fourth-order valence-electron chi connectivity index (χ4n) is 1.42. The van der Waals surface area contributed by atoms with Crippen LogP contribution in [-0.4, -0.2) is 20.2 Å². The lowest BCUT2D eigenvalue weighted by molar-refractivity contribution is 0.745. The smallest absolute Gasteiger partial charge is 0.156 e. The topological polar surface area (TPSA) is 43.6 Å². The zero-order valence-corrected chi connectivity index (χ0v) is 11.0. The predicted octanol–water partition coefficient (Wildman–Crippen LogP) is 3.03. The van der Waals surface area contributed by atoms with E-state index in [4.69, 9.17) is 11.6 Å². The Morgan fingerprint density at radius 2 is 2.25 bits per heavy atom. The first-order valence-corrected chi connectivity index (χ1v) is 6.12. The molecule has 0 aliphatic rings. The lowest BCUT2D eigenvalue weighted by Crippen LogP contribution is -2.03. The van der Waals surface area contributed by atoms with E-state index in [1.807, 2.05) is 18.2 Å². The van der Waals surface area contributed by atoms with Crippen LogP contribution in [0.1, 0.15) is 19.2 Å². The van der Waals surface area contributed by atoms with Crippen molar-refractivity contribution in [1.82, 2.24) is 20.2 Å². The number of hydrogen-bond acceptors (Lipinski definition) is 3. The first-order valence-electron chi connectivity index (χ1n) is 4.95. The predicted molar refractivity (Wildman–Crippen MR) is 65.9 cm³/mol. The van der Waals surface area contributed by atoms with Crippen LogP contribution in [0.2, 0.25) is 5.02 Å². The Morgan fingerprint density at radius 1 is 1.44 bits per heavy atom. The summed E-state index contributed by atoms with van der Waals surface area (Å²) < 4.78 is 2.63. The summed E-state index contributed by atoms with van der Waals surface area (Å²) in [6.07, 6.45) is 1.82. The molecular weight excluding hydrogens is 291 g/mol. The molecule has 0 spiro atoms. The van der Waals surface area contributed by atoms with Gasteiger partial charge in [0.25, 0.3) is 0 Å². The minimum Gasteiger partial charge on any atom is -0.196 e. The van der Waals surface area contributed by atoms with Crippen molar-refractivity contribution in [2.75, 3.05) is 0 Å². The van der Waals surface area contributed by atoms with E-state index in [1.165, 1.54) is 0 Å². The van der Waals surface area contributed by atoms with Gasteiger partial charge in [0.05, 0.1) is 10.7 Å². The van der Waals surface area contributed by atoms with E-state index in [-0.39, 0.29) is 0 Å². The van der Waals surface area contributed by atoms with Gasteiger partial charge in [0.1, 0.15) is 0 Å².